The number of hydrogen-bond donors (Lipinski definition) is 1. The van der Waals surface area contributed by atoms with Gasteiger partial charge in [0, 0.05) is 12.5 Å². The molecule has 0 spiro atoms. The van der Waals surface area contributed by atoms with Gasteiger partial charge in [-0.2, -0.15) is 0 Å². The molecule has 0 aromatic carbocycles. The van der Waals surface area contributed by atoms with Crippen molar-refractivity contribution in [2.75, 3.05) is 7.11 Å². The molecule has 0 aliphatic heterocycles. The van der Waals surface area contributed by atoms with Gasteiger partial charge < -0.3 is 10.5 Å². The number of ether oxygens (including phenoxy) is 1. The third-order valence-corrected chi connectivity index (χ3v) is 3.19. The highest BCUT2D eigenvalue weighted by Gasteiger charge is 2.46. The van der Waals surface area contributed by atoms with Crippen molar-refractivity contribution in [2.24, 2.45) is 17.1 Å². The summed E-state index contributed by atoms with van der Waals surface area (Å²) in [4.78, 5) is 10.9. The van der Waals surface area contributed by atoms with Crippen LogP contribution in [0.1, 0.15) is 26.7 Å². The van der Waals surface area contributed by atoms with Crippen molar-refractivity contribution in [2.45, 2.75) is 32.7 Å². The van der Waals surface area contributed by atoms with Gasteiger partial charge in [-0.25, -0.2) is 0 Å². The van der Waals surface area contributed by atoms with E-state index in [0.29, 0.717) is 12.3 Å². The van der Waals surface area contributed by atoms with Crippen molar-refractivity contribution in [1.82, 2.24) is 0 Å². The maximum Gasteiger partial charge on any atom is 0.305 e. The molecule has 3 nitrogen and oxygen atoms in total. The predicted octanol–water partition coefficient (Wildman–Crippen LogP) is 0.923. The zero-order chi connectivity index (χ0) is 9.35. The van der Waals surface area contributed by atoms with E-state index in [2.05, 4.69) is 18.6 Å². The molecule has 12 heavy (non-hydrogen) atoms. The second kappa shape index (κ2) is 3.05. The van der Waals surface area contributed by atoms with Crippen molar-refractivity contribution in [3.63, 3.8) is 0 Å². The quantitative estimate of drug-likeness (QED) is 0.629. The van der Waals surface area contributed by atoms with Crippen LogP contribution in [0.15, 0.2) is 0 Å². The van der Waals surface area contributed by atoms with Crippen LogP contribution in [0.25, 0.3) is 0 Å². The lowest BCUT2D eigenvalue weighted by molar-refractivity contribution is -0.145. The molecule has 0 saturated heterocycles. The van der Waals surface area contributed by atoms with E-state index in [0.717, 1.165) is 6.42 Å². The van der Waals surface area contributed by atoms with Gasteiger partial charge in [0.15, 0.2) is 0 Å². The van der Waals surface area contributed by atoms with Gasteiger partial charge in [0.05, 0.1) is 7.11 Å². The lowest BCUT2D eigenvalue weighted by atomic mass is 9.58. The summed E-state index contributed by atoms with van der Waals surface area (Å²) in [6.45, 7) is 4.21. The fourth-order valence-corrected chi connectivity index (χ4v) is 1.69. The summed E-state index contributed by atoms with van der Waals surface area (Å²) < 4.78 is 4.61. The summed E-state index contributed by atoms with van der Waals surface area (Å²) in [5.74, 6) is 0.278. The van der Waals surface area contributed by atoms with E-state index in [4.69, 9.17) is 5.73 Å². The average molecular weight is 171 g/mol. The Morgan fingerprint density at radius 1 is 1.67 bits per heavy atom. The second-order valence-corrected chi connectivity index (χ2v) is 4.14. The van der Waals surface area contributed by atoms with Gasteiger partial charge in [-0.3, -0.25) is 4.79 Å². The molecular formula is C9H17NO2. The van der Waals surface area contributed by atoms with E-state index < -0.39 is 0 Å². The van der Waals surface area contributed by atoms with Crippen LogP contribution in [0.4, 0.5) is 0 Å². The van der Waals surface area contributed by atoms with Gasteiger partial charge in [-0.15, -0.1) is 0 Å². The number of esters is 1. The summed E-state index contributed by atoms with van der Waals surface area (Å²) in [5.41, 5.74) is 5.92. The molecule has 2 atom stereocenters. The molecule has 1 rings (SSSR count). The largest absolute Gasteiger partial charge is 0.469 e. The van der Waals surface area contributed by atoms with Gasteiger partial charge in [0.2, 0.25) is 0 Å². The molecule has 2 N–H and O–H groups in total. The number of nitrogens with two attached hydrogens (primary N) is 1. The third-order valence-electron chi connectivity index (χ3n) is 3.19. The molecule has 0 radical (unpaired) electrons. The van der Waals surface area contributed by atoms with Gasteiger partial charge in [-0.05, 0) is 17.8 Å². The van der Waals surface area contributed by atoms with Crippen LogP contribution < -0.4 is 5.73 Å². The van der Waals surface area contributed by atoms with Crippen LogP contribution in [0.5, 0.6) is 0 Å². The van der Waals surface area contributed by atoms with Gasteiger partial charge in [-0.1, -0.05) is 13.8 Å². The van der Waals surface area contributed by atoms with Crippen LogP contribution in [0, 0.1) is 11.3 Å². The molecule has 0 aromatic heterocycles. The topological polar surface area (TPSA) is 52.3 Å². The Hall–Kier alpha value is -0.570. The Labute approximate surface area is 73.3 Å². The average Bonchev–Trinajstić information content (AvgIpc) is 2.03. The first-order chi connectivity index (χ1) is 5.48. The van der Waals surface area contributed by atoms with E-state index in [1.807, 2.05) is 0 Å². The molecule has 70 valence electrons. The molecule has 2 unspecified atom stereocenters. The molecule has 0 amide bonds. The Morgan fingerprint density at radius 2 is 2.25 bits per heavy atom. The van der Waals surface area contributed by atoms with Gasteiger partial charge in [0.1, 0.15) is 0 Å². The highest BCUT2D eigenvalue weighted by atomic mass is 16.5. The summed E-state index contributed by atoms with van der Waals surface area (Å²) in [7, 11) is 1.42. The third kappa shape index (κ3) is 1.46. The van der Waals surface area contributed by atoms with Crippen molar-refractivity contribution in [3.8, 4) is 0 Å². The summed E-state index contributed by atoms with van der Waals surface area (Å²) in [6.07, 6.45) is 1.46. The van der Waals surface area contributed by atoms with E-state index in [9.17, 15) is 4.79 Å². The van der Waals surface area contributed by atoms with Crippen LogP contribution in [0.3, 0.4) is 0 Å². The van der Waals surface area contributed by atoms with E-state index in [1.54, 1.807) is 0 Å². The minimum Gasteiger partial charge on any atom is -0.469 e. The number of carbonyl (C=O) groups is 1. The maximum absolute atomic E-state index is 10.9. The summed E-state index contributed by atoms with van der Waals surface area (Å²) in [6, 6.07) is 0.243. The molecular weight excluding hydrogens is 154 g/mol. The highest BCUT2D eigenvalue weighted by molar-refractivity contribution is 5.69. The maximum atomic E-state index is 10.9. The smallest absolute Gasteiger partial charge is 0.305 e. The van der Waals surface area contributed by atoms with Crippen molar-refractivity contribution in [1.29, 1.82) is 0 Å². The minimum absolute atomic E-state index is 0.105. The SMILES string of the molecule is COC(=O)CC1CC(N)C1(C)C. The standard InChI is InChI=1S/C9H17NO2/c1-9(2)6(4-7(9)10)5-8(11)12-3/h6-7H,4-5,10H2,1-3H3. The summed E-state index contributed by atoms with van der Waals surface area (Å²) in [5, 5.41) is 0. The Bertz CT molecular complexity index is 189. The fraction of sp³-hybridized carbons (Fsp3) is 0.889. The lowest BCUT2D eigenvalue weighted by Crippen LogP contribution is -2.54. The summed E-state index contributed by atoms with van der Waals surface area (Å²) >= 11 is 0. The predicted molar refractivity (Wildman–Crippen MR) is 46.5 cm³/mol. The van der Waals surface area contributed by atoms with E-state index in [-0.39, 0.29) is 17.4 Å². The first-order valence-corrected chi connectivity index (χ1v) is 4.31. The lowest BCUT2D eigenvalue weighted by Gasteiger charge is -2.50. The van der Waals surface area contributed by atoms with Crippen molar-refractivity contribution >= 4 is 5.97 Å². The van der Waals surface area contributed by atoms with Gasteiger partial charge in [0.25, 0.3) is 0 Å². The Balaban J connectivity index is 2.42. The molecule has 0 aromatic rings. The fourth-order valence-electron chi connectivity index (χ4n) is 1.69. The van der Waals surface area contributed by atoms with Crippen LogP contribution >= 0.6 is 0 Å². The number of rotatable bonds is 2. The highest BCUT2D eigenvalue weighted by Crippen LogP contribution is 2.46. The number of carbonyl (C=O) groups excluding carboxylic acids is 1. The van der Waals surface area contributed by atoms with Crippen LogP contribution in [-0.2, 0) is 9.53 Å². The molecule has 1 aliphatic carbocycles. The van der Waals surface area contributed by atoms with Gasteiger partial charge >= 0.3 is 5.97 Å². The molecule has 1 aliphatic rings. The zero-order valence-corrected chi connectivity index (χ0v) is 7.96. The van der Waals surface area contributed by atoms with Crippen LogP contribution in [-0.4, -0.2) is 19.1 Å². The second-order valence-electron chi connectivity index (χ2n) is 4.14. The molecule has 1 fully saturated rings. The van der Waals surface area contributed by atoms with Crippen molar-refractivity contribution < 1.29 is 9.53 Å². The normalized spacial score (nSPS) is 32.3. The number of hydrogen-bond acceptors (Lipinski definition) is 3. The monoisotopic (exact) mass is 171 g/mol. The van der Waals surface area contributed by atoms with Crippen LogP contribution in [0.2, 0.25) is 0 Å². The molecule has 3 heteroatoms. The minimum atomic E-state index is -0.125. The first kappa shape index (κ1) is 9.52. The Kier molecular flexibility index (Phi) is 2.42. The van der Waals surface area contributed by atoms with Crippen molar-refractivity contribution in [3.05, 3.63) is 0 Å². The molecule has 1 saturated carbocycles. The first-order valence-electron chi connectivity index (χ1n) is 4.31. The molecule has 0 bridgehead atoms. The Morgan fingerprint density at radius 3 is 2.58 bits per heavy atom. The zero-order valence-electron chi connectivity index (χ0n) is 7.96. The van der Waals surface area contributed by atoms with E-state index in [1.165, 1.54) is 7.11 Å². The molecule has 0 heterocycles. The van der Waals surface area contributed by atoms with E-state index >= 15 is 0 Å². The number of methoxy groups -OCH3 is 1.